The van der Waals surface area contributed by atoms with Gasteiger partial charge in [0.2, 0.25) is 0 Å². The van der Waals surface area contributed by atoms with E-state index in [1.807, 2.05) is 18.2 Å². The second-order valence-corrected chi connectivity index (χ2v) is 9.28. The molecule has 4 nitrogen and oxygen atoms in total. The molecule has 1 saturated heterocycles. The van der Waals surface area contributed by atoms with Crippen molar-refractivity contribution in [2.45, 2.75) is 44.2 Å². The predicted molar refractivity (Wildman–Crippen MR) is 134 cm³/mol. The molecule has 3 aromatic carbocycles. The van der Waals surface area contributed by atoms with Crippen LogP contribution in [0.25, 0.3) is 0 Å². The van der Waals surface area contributed by atoms with E-state index >= 15 is 0 Å². The maximum Gasteiger partial charge on any atom is 0.123 e. The number of halogens is 1. The van der Waals surface area contributed by atoms with E-state index in [0.29, 0.717) is 6.04 Å². The summed E-state index contributed by atoms with van der Waals surface area (Å²) < 4.78 is 25.0. The molecule has 0 radical (unpaired) electrons. The Bertz CT molecular complexity index is 1080. The van der Waals surface area contributed by atoms with E-state index in [1.54, 1.807) is 19.2 Å². The first kappa shape index (κ1) is 22.7. The number of rotatable bonds is 8. The number of fused-ring (bicyclic) bond motifs is 1. The minimum absolute atomic E-state index is 0.167. The van der Waals surface area contributed by atoms with E-state index in [-0.39, 0.29) is 11.9 Å². The van der Waals surface area contributed by atoms with E-state index in [1.165, 1.54) is 29.5 Å². The van der Waals surface area contributed by atoms with Crippen molar-refractivity contribution in [2.75, 3.05) is 31.7 Å². The van der Waals surface area contributed by atoms with Crippen molar-refractivity contribution in [1.82, 2.24) is 5.32 Å². The van der Waals surface area contributed by atoms with Crippen LogP contribution in [0.4, 0.5) is 10.1 Å². The molecule has 0 aromatic heterocycles. The van der Waals surface area contributed by atoms with Crippen LogP contribution >= 0.6 is 0 Å². The summed E-state index contributed by atoms with van der Waals surface area (Å²) in [5.74, 6) is 1.61. The molecule has 1 fully saturated rings. The van der Waals surface area contributed by atoms with Crippen molar-refractivity contribution < 1.29 is 13.9 Å². The van der Waals surface area contributed by atoms with Crippen molar-refractivity contribution in [2.24, 2.45) is 0 Å². The molecular formula is C29H33FN2O2. The van der Waals surface area contributed by atoms with Crippen LogP contribution in [-0.2, 0) is 12.8 Å². The summed E-state index contributed by atoms with van der Waals surface area (Å²) in [5.41, 5.74) is 4.93. The van der Waals surface area contributed by atoms with Crippen LogP contribution < -0.4 is 19.7 Å². The maximum absolute atomic E-state index is 13.6. The van der Waals surface area contributed by atoms with E-state index < -0.39 is 0 Å². The van der Waals surface area contributed by atoms with Gasteiger partial charge in [0.1, 0.15) is 17.3 Å². The third-order valence-corrected chi connectivity index (χ3v) is 7.12. The van der Waals surface area contributed by atoms with E-state index in [2.05, 4.69) is 46.6 Å². The Morgan fingerprint density at radius 1 is 1.00 bits per heavy atom. The second-order valence-electron chi connectivity index (χ2n) is 9.28. The van der Waals surface area contributed by atoms with Gasteiger partial charge >= 0.3 is 0 Å². The molecule has 2 aliphatic rings. The van der Waals surface area contributed by atoms with E-state index in [4.69, 9.17) is 9.47 Å². The van der Waals surface area contributed by atoms with Gasteiger partial charge in [-0.05, 0) is 104 Å². The lowest BCUT2D eigenvalue weighted by Crippen LogP contribution is -2.36. The Kier molecular flexibility index (Phi) is 7.00. The van der Waals surface area contributed by atoms with Gasteiger partial charge in [-0.1, -0.05) is 18.2 Å². The monoisotopic (exact) mass is 460 g/mol. The Balaban J connectivity index is 1.33. The number of methoxy groups -OCH3 is 1. The van der Waals surface area contributed by atoms with Crippen LogP contribution in [0.5, 0.6) is 11.5 Å². The Morgan fingerprint density at radius 2 is 1.79 bits per heavy atom. The molecule has 2 atom stereocenters. The summed E-state index contributed by atoms with van der Waals surface area (Å²) in [6.07, 6.45) is 5.37. The number of nitrogens with one attached hydrogen (secondary N) is 1. The molecule has 34 heavy (non-hydrogen) atoms. The summed E-state index contributed by atoms with van der Waals surface area (Å²) in [5, 5.41) is 3.52. The number of hydrogen-bond acceptors (Lipinski definition) is 4. The molecule has 0 amide bonds. The lowest BCUT2D eigenvalue weighted by atomic mass is 9.88. The van der Waals surface area contributed by atoms with Gasteiger partial charge in [0.25, 0.3) is 0 Å². The van der Waals surface area contributed by atoms with Crippen LogP contribution in [0.2, 0.25) is 0 Å². The first-order chi connectivity index (χ1) is 16.7. The van der Waals surface area contributed by atoms with Gasteiger partial charge in [-0.15, -0.1) is 0 Å². The fourth-order valence-corrected chi connectivity index (χ4v) is 5.24. The maximum atomic E-state index is 13.6. The van der Waals surface area contributed by atoms with Gasteiger partial charge in [0.15, 0.2) is 0 Å². The normalized spacial score (nSPS) is 19.6. The van der Waals surface area contributed by atoms with Crippen LogP contribution in [0.3, 0.4) is 0 Å². The summed E-state index contributed by atoms with van der Waals surface area (Å²) in [4.78, 5) is 2.40. The topological polar surface area (TPSA) is 33.7 Å². The van der Waals surface area contributed by atoms with Gasteiger partial charge in [-0.25, -0.2) is 4.39 Å². The zero-order chi connectivity index (χ0) is 23.3. The molecule has 0 bridgehead atoms. The highest BCUT2D eigenvalue weighted by Crippen LogP contribution is 2.37. The molecule has 2 unspecified atom stereocenters. The number of anilines is 1. The molecule has 178 valence electrons. The number of nitrogens with zero attached hydrogens (tertiary/aromatic N) is 1. The number of hydrogen-bond donors (Lipinski definition) is 1. The predicted octanol–water partition coefficient (Wildman–Crippen LogP) is 5.70. The molecule has 0 saturated carbocycles. The van der Waals surface area contributed by atoms with E-state index in [9.17, 15) is 4.39 Å². The second kappa shape index (κ2) is 10.5. The average Bonchev–Trinajstić information content (AvgIpc) is 3.39. The molecule has 5 heteroatoms. The fourth-order valence-electron chi connectivity index (χ4n) is 5.24. The van der Waals surface area contributed by atoms with Crippen LogP contribution in [0.15, 0.2) is 66.7 Å². The number of benzene rings is 3. The van der Waals surface area contributed by atoms with Crippen molar-refractivity contribution >= 4 is 5.69 Å². The number of ether oxygens (including phenoxy) is 2. The Hall–Kier alpha value is -3.05. The fraction of sp³-hybridized carbons (Fsp3) is 0.379. The standard InChI is InChI=1S/C29H33FN2O2/c1-33-27-12-13-28-22(20-27)14-17-32(25-8-6-23(30)7-9-25)29(28)19-21-4-10-26(11-5-21)34-18-15-24-3-2-16-31-24/h4-13,20,24,29,31H,2-3,14-19H2,1H3. The smallest absolute Gasteiger partial charge is 0.123 e. The minimum atomic E-state index is -0.207. The molecule has 2 aliphatic heterocycles. The quantitative estimate of drug-likeness (QED) is 0.467. The molecule has 0 aliphatic carbocycles. The zero-order valence-electron chi connectivity index (χ0n) is 19.8. The molecule has 2 heterocycles. The third-order valence-electron chi connectivity index (χ3n) is 7.12. The zero-order valence-corrected chi connectivity index (χ0v) is 19.8. The SMILES string of the molecule is COc1ccc2c(c1)CCN(c1ccc(F)cc1)C2Cc1ccc(OCCC2CCCN2)cc1. The largest absolute Gasteiger partial charge is 0.497 e. The average molecular weight is 461 g/mol. The molecular weight excluding hydrogens is 427 g/mol. The van der Waals surface area contributed by atoms with Crippen molar-refractivity contribution in [1.29, 1.82) is 0 Å². The van der Waals surface area contributed by atoms with Crippen LogP contribution in [-0.4, -0.2) is 32.8 Å². The lowest BCUT2D eigenvalue weighted by molar-refractivity contribution is 0.292. The first-order valence-corrected chi connectivity index (χ1v) is 12.3. The van der Waals surface area contributed by atoms with E-state index in [0.717, 1.165) is 56.1 Å². The summed E-state index contributed by atoms with van der Waals surface area (Å²) >= 11 is 0. The molecule has 0 spiro atoms. The highest BCUT2D eigenvalue weighted by Gasteiger charge is 2.28. The minimum Gasteiger partial charge on any atom is -0.497 e. The lowest BCUT2D eigenvalue weighted by Gasteiger charge is -2.39. The van der Waals surface area contributed by atoms with Gasteiger partial charge in [0, 0.05) is 18.3 Å². The van der Waals surface area contributed by atoms with Crippen LogP contribution in [0, 0.1) is 5.82 Å². The van der Waals surface area contributed by atoms with Gasteiger partial charge < -0.3 is 19.7 Å². The van der Waals surface area contributed by atoms with Crippen molar-refractivity contribution in [3.8, 4) is 11.5 Å². The summed E-state index contributed by atoms with van der Waals surface area (Å²) in [7, 11) is 1.71. The Morgan fingerprint density at radius 3 is 2.53 bits per heavy atom. The third kappa shape index (κ3) is 5.20. The summed E-state index contributed by atoms with van der Waals surface area (Å²) in [6, 6.07) is 22.5. The van der Waals surface area contributed by atoms with Crippen LogP contribution in [0.1, 0.15) is 42.0 Å². The van der Waals surface area contributed by atoms with Gasteiger partial charge in [0.05, 0.1) is 19.8 Å². The van der Waals surface area contributed by atoms with Crippen molar-refractivity contribution in [3.05, 3.63) is 89.2 Å². The van der Waals surface area contributed by atoms with Gasteiger partial charge in [-0.3, -0.25) is 0 Å². The molecule has 3 aromatic rings. The highest BCUT2D eigenvalue weighted by atomic mass is 19.1. The molecule has 1 N–H and O–H groups in total. The highest BCUT2D eigenvalue weighted by molar-refractivity contribution is 5.54. The molecule has 5 rings (SSSR count). The van der Waals surface area contributed by atoms with Crippen molar-refractivity contribution in [3.63, 3.8) is 0 Å². The Labute approximate surface area is 201 Å². The first-order valence-electron chi connectivity index (χ1n) is 12.3. The van der Waals surface area contributed by atoms with Gasteiger partial charge in [-0.2, -0.15) is 0 Å². The summed E-state index contributed by atoms with van der Waals surface area (Å²) in [6.45, 7) is 2.76.